The van der Waals surface area contributed by atoms with Crippen LogP contribution < -0.4 is 5.73 Å². The molecule has 6 heteroatoms. The minimum absolute atomic E-state index is 0.0996. The van der Waals surface area contributed by atoms with Crippen molar-refractivity contribution in [2.45, 2.75) is 24.5 Å². The van der Waals surface area contributed by atoms with Crippen molar-refractivity contribution in [1.82, 2.24) is 9.78 Å². The zero-order valence-corrected chi connectivity index (χ0v) is 12.0. The van der Waals surface area contributed by atoms with Crippen LogP contribution in [-0.2, 0) is 22.6 Å². The number of aryl methyl sites for hydroxylation is 3. The maximum absolute atomic E-state index is 12.4. The summed E-state index contributed by atoms with van der Waals surface area (Å²) in [6.45, 7) is 3.70. The molecule has 2 aromatic rings. The number of sulfone groups is 1. The van der Waals surface area contributed by atoms with E-state index in [4.69, 9.17) is 5.73 Å². The lowest BCUT2D eigenvalue weighted by molar-refractivity contribution is 0.592. The van der Waals surface area contributed by atoms with Gasteiger partial charge in [-0.2, -0.15) is 5.10 Å². The quantitative estimate of drug-likeness (QED) is 0.865. The Kier molecular flexibility index (Phi) is 3.36. The van der Waals surface area contributed by atoms with Crippen molar-refractivity contribution >= 4 is 15.5 Å². The van der Waals surface area contributed by atoms with Crippen LogP contribution in [0.2, 0.25) is 0 Å². The number of nitrogens with zero attached hydrogens (tertiary/aromatic N) is 2. The lowest BCUT2D eigenvalue weighted by Gasteiger charge is -2.08. The van der Waals surface area contributed by atoms with Gasteiger partial charge < -0.3 is 5.73 Å². The molecule has 0 spiro atoms. The summed E-state index contributed by atoms with van der Waals surface area (Å²) in [7, 11) is -1.72. The predicted octanol–water partition coefficient (Wildman–Crippen LogP) is 1.59. The van der Waals surface area contributed by atoms with Crippen LogP contribution in [0.1, 0.15) is 17.0 Å². The van der Waals surface area contributed by atoms with E-state index in [0.29, 0.717) is 11.4 Å². The molecule has 19 heavy (non-hydrogen) atoms. The molecule has 0 aliphatic rings. The van der Waals surface area contributed by atoms with E-state index in [1.807, 2.05) is 13.8 Å². The number of rotatable bonds is 3. The Bertz CT molecular complexity index is 717. The highest BCUT2D eigenvalue weighted by molar-refractivity contribution is 7.90. The normalized spacial score (nSPS) is 11.7. The second kappa shape index (κ2) is 4.70. The molecule has 0 amide bonds. The number of nitrogens with two attached hydrogens (primary N) is 1. The van der Waals surface area contributed by atoms with Crippen LogP contribution in [0.15, 0.2) is 29.2 Å². The third-order valence-electron chi connectivity index (χ3n) is 2.94. The molecule has 0 bridgehead atoms. The molecular formula is C13H17N3O2S. The van der Waals surface area contributed by atoms with Gasteiger partial charge in [-0.25, -0.2) is 8.42 Å². The smallest absolute Gasteiger partial charge is 0.186 e. The van der Waals surface area contributed by atoms with E-state index in [0.717, 1.165) is 11.3 Å². The number of hydrogen-bond acceptors (Lipinski definition) is 4. The molecule has 0 aliphatic heterocycles. The highest BCUT2D eigenvalue weighted by Crippen LogP contribution is 2.23. The van der Waals surface area contributed by atoms with Gasteiger partial charge in [-0.05, 0) is 37.6 Å². The van der Waals surface area contributed by atoms with Gasteiger partial charge in [-0.3, -0.25) is 4.68 Å². The lowest BCUT2D eigenvalue weighted by atomic mass is 10.2. The van der Waals surface area contributed by atoms with Gasteiger partial charge in [0, 0.05) is 7.05 Å². The maximum atomic E-state index is 12.4. The molecule has 0 unspecified atom stereocenters. The minimum Gasteiger partial charge on any atom is -0.398 e. The van der Waals surface area contributed by atoms with Crippen molar-refractivity contribution in [1.29, 1.82) is 0 Å². The maximum Gasteiger partial charge on any atom is 0.186 e. The van der Waals surface area contributed by atoms with Gasteiger partial charge in [0.05, 0.1) is 27.7 Å². The third-order valence-corrected chi connectivity index (χ3v) is 4.65. The number of aromatic nitrogens is 2. The predicted molar refractivity (Wildman–Crippen MR) is 74.4 cm³/mol. The van der Waals surface area contributed by atoms with Crippen LogP contribution in [0, 0.1) is 13.8 Å². The summed E-state index contributed by atoms with van der Waals surface area (Å²) < 4.78 is 26.3. The molecule has 102 valence electrons. The second-order valence-electron chi connectivity index (χ2n) is 4.70. The van der Waals surface area contributed by atoms with Crippen molar-refractivity contribution in [2.75, 3.05) is 5.73 Å². The van der Waals surface area contributed by atoms with Crippen LogP contribution in [0.4, 0.5) is 5.69 Å². The van der Waals surface area contributed by atoms with Gasteiger partial charge in [0.25, 0.3) is 0 Å². The first-order valence-electron chi connectivity index (χ1n) is 5.88. The van der Waals surface area contributed by atoms with Gasteiger partial charge >= 0.3 is 0 Å². The van der Waals surface area contributed by atoms with Crippen LogP contribution in [0.25, 0.3) is 0 Å². The van der Waals surface area contributed by atoms with Crippen molar-refractivity contribution in [3.8, 4) is 0 Å². The molecule has 0 aliphatic carbocycles. The fourth-order valence-electron chi connectivity index (χ4n) is 2.02. The molecule has 0 fully saturated rings. The molecule has 1 heterocycles. The summed E-state index contributed by atoms with van der Waals surface area (Å²) in [5, 5.41) is 4.15. The molecule has 2 N–H and O–H groups in total. The summed E-state index contributed by atoms with van der Waals surface area (Å²) in [5.74, 6) is -0.0996. The van der Waals surface area contributed by atoms with E-state index in [1.54, 1.807) is 36.0 Å². The molecular weight excluding hydrogens is 262 g/mol. The lowest BCUT2D eigenvalue weighted by Crippen LogP contribution is -2.11. The monoisotopic (exact) mass is 279 g/mol. The van der Waals surface area contributed by atoms with Gasteiger partial charge in [-0.15, -0.1) is 0 Å². The van der Waals surface area contributed by atoms with Crippen molar-refractivity contribution < 1.29 is 8.42 Å². The van der Waals surface area contributed by atoms with Crippen LogP contribution in [0.5, 0.6) is 0 Å². The van der Waals surface area contributed by atoms with Gasteiger partial charge in [0.2, 0.25) is 0 Å². The summed E-state index contributed by atoms with van der Waals surface area (Å²) in [6.07, 6.45) is 0. The highest BCUT2D eigenvalue weighted by atomic mass is 32.2. The van der Waals surface area contributed by atoms with Gasteiger partial charge in [0.1, 0.15) is 0 Å². The number of hydrogen-bond donors (Lipinski definition) is 1. The Balaban J connectivity index is 2.40. The van der Waals surface area contributed by atoms with E-state index in [1.165, 1.54) is 0 Å². The number of benzene rings is 1. The second-order valence-corrected chi connectivity index (χ2v) is 6.66. The minimum atomic E-state index is -3.46. The van der Waals surface area contributed by atoms with Crippen LogP contribution in [-0.4, -0.2) is 18.2 Å². The summed E-state index contributed by atoms with van der Waals surface area (Å²) in [5.41, 5.74) is 8.48. The standard InChI is InChI=1S/C13H17N3O2S/c1-9-4-5-13(12(14)6-9)19(17,18)8-11-7-10(2)15-16(11)3/h4-7H,8,14H2,1-3H3. The molecule has 0 saturated heterocycles. The highest BCUT2D eigenvalue weighted by Gasteiger charge is 2.20. The first kappa shape index (κ1) is 13.6. The average Bonchev–Trinajstić information content (AvgIpc) is 2.55. The first-order valence-corrected chi connectivity index (χ1v) is 7.53. The molecule has 0 radical (unpaired) electrons. The summed E-state index contributed by atoms with van der Waals surface area (Å²) >= 11 is 0. The molecule has 5 nitrogen and oxygen atoms in total. The Labute approximate surface area is 113 Å². The van der Waals surface area contributed by atoms with Crippen LogP contribution >= 0.6 is 0 Å². The fourth-order valence-corrected chi connectivity index (χ4v) is 3.53. The fraction of sp³-hybridized carbons (Fsp3) is 0.308. The Hall–Kier alpha value is -1.82. The number of anilines is 1. The van der Waals surface area contributed by atoms with E-state index >= 15 is 0 Å². The van der Waals surface area contributed by atoms with Gasteiger partial charge in [0.15, 0.2) is 9.84 Å². The molecule has 0 saturated carbocycles. The zero-order valence-electron chi connectivity index (χ0n) is 11.2. The average molecular weight is 279 g/mol. The van der Waals surface area contributed by atoms with Crippen LogP contribution in [0.3, 0.4) is 0 Å². The zero-order chi connectivity index (χ0) is 14.2. The number of nitrogen functional groups attached to an aromatic ring is 1. The van der Waals surface area contributed by atoms with Crippen molar-refractivity contribution in [2.24, 2.45) is 7.05 Å². The van der Waals surface area contributed by atoms with E-state index in [9.17, 15) is 8.42 Å². The molecule has 0 atom stereocenters. The molecule has 1 aromatic heterocycles. The summed E-state index contributed by atoms with van der Waals surface area (Å²) in [4.78, 5) is 0.178. The first-order chi connectivity index (χ1) is 8.79. The largest absolute Gasteiger partial charge is 0.398 e. The third kappa shape index (κ3) is 2.78. The molecule has 1 aromatic carbocycles. The van der Waals surface area contributed by atoms with Gasteiger partial charge in [-0.1, -0.05) is 6.07 Å². The van der Waals surface area contributed by atoms with Crippen molar-refractivity contribution in [3.05, 3.63) is 41.2 Å². The Morgan fingerprint density at radius 1 is 1.26 bits per heavy atom. The van der Waals surface area contributed by atoms with E-state index in [-0.39, 0.29) is 10.6 Å². The SMILES string of the molecule is Cc1ccc(S(=O)(=O)Cc2cc(C)nn2C)c(N)c1. The summed E-state index contributed by atoms with van der Waals surface area (Å²) in [6, 6.07) is 6.74. The molecule has 2 rings (SSSR count). The topological polar surface area (TPSA) is 78.0 Å². The Morgan fingerprint density at radius 2 is 1.95 bits per heavy atom. The Morgan fingerprint density at radius 3 is 2.47 bits per heavy atom. The van der Waals surface area contributed by atoms with Crippen molar-refractivity contribution in [3.63, 3.8) is 0 Å². The van der Waals surface area contributed by atoms with E-state index < -0.39 is 9.84 Å². The van der Waals surface area contributed by atoms with E-state index in [2.05, 4.69) is 5.10 Å².